The van der Waals surface area contributed by atoms with Crippen molar-refractivity contribution in [2.45, 2.75) is 13.3 Å². The lowest BCUT2D eigenvalue weighted by Gasteiger charge is -2.09. The summed E-state index contributed by atoms with van der Waals surface area (Å²) in [4.78, 5) is 0. The van der Waals surface area contributed by atoms with E-state index in [1.165, 1.54) is 5.75 Å². The molecule has 1 aromatic rings. The number of hydrogen-bond acceptors (Lipinski definition) is 3. The van der Waals surface area contributed by atoms with Crippen molar-refractivity contribution < 1.29 is 4.74 Å². The van der Waals surface area contributed by atoms with Crippen LogP contribution in [0.2, 0.25) is 5.02 Å². The lowest BCUT2D eigenvalue weighted by molar-refractivity contribution is 0.340. The van der Waals surface area contributed by atoms with Gasteiger partial charge in [-0.3, -0.25) is 0 Å². The molecule has 1 rings (SSSR count). The van der Waals surface area contributed by atoms with Crippen LogP contribution in [0.25, 0.3) is 0 Å². The normalized spacial score (nSPS) is 10.2. The van der Waals surface area contributed by atoms with E-state index in [0.29, 0.717) is 11.6 Å². The lowest BCUT2D eigenvalue weighted by Crippen LogP contribution is -2.02. The van der Waals surface area contributed by atoms with E-state index in [9.17, 15) is 0 Å². The van der Waals surface area contributed by atoms with Crippen LogP contribution in [0, 0.1) is 0 Å². The number of ether oxygens (including phenoxy) is 1. The van der Waals surface area contributed by atoms with Gasteiger partial charge in [0.15, 0.2) is 0 Å². The Hall–Kier alpha value is -0.540. The third-order valence-corrected chi connectivity index (χ3v) is 3.08. The third-order valence-electron chi connectivity index (χ3n) is 2.09. The number of rotatable bonds is 7. The number of hydrogen-bond donors (Lipinski definition) is 1. The van der Waals surface area contributed by atoms with E-state index >= 15 is 0 Å². The molecule has 0 amide bonds. The summed E-state index contributed by atoms with van der Waals surface area (Å²) >= 11 is 7.94. The Kier molecular flexibility index (Phi) is 6.50. The predicted octanol–water partition coefficient (Wildman–Crippen LogP) is 3.90. The molecule has 0 spiro atoms. The van der Waals surface area contributed by atoms with Gasteiger partial charge in [-0.25, -0.2) is 0 Å². The molecule has 0 aliphatic heterocycles. The van der Waals surface area contributed by atoms with Crippen molar-refractivity contribution in [2.24, 2.45) is 0 Å². The Morgan fingerprint density at radius 1 is 1.44 bits per heavy atom. The minimum absolute atomic E-state index is 0.639. The first-order valence-corrected chi connectivity index (χ1v) is 7.20. The van der Waals surface area contributed by atoms with E-state index < -0.39 is 0 Å². The Bertz CT molecular complexity index is 320. The highest BCUT2D eigenvalue weighted by Gasteiger charge is 2.01. The van der Waals surface area contributed by atoms with Crippen molar-refractivity contribution in [1.29, 1.82) is 0 Å². The van der Waals surface area contributed by atoms with Gasteiger partial charge in [0.05, 0.1) is 11.6 Å². The van der Waals surface area contributed by atoms with Crippen LogP contribution in [-0.2, 0) is 0 Å². The van der Waals surface area contributed by atoms with Gasteiger partial charge in [0.2, 0.25) is 0 Å². The van der Waals surface area contributed by atoms with Gasteiger partial charge in [0.25, 0.3) is 0 Å². The molecule has 0 aromatic heterocycles. The van der Waals surface area contributed by atoms with Crippen LogP contribution in [0.3, 0.4) is 0 Å². The maximum atomic E-state index is 6.08. The molecule has 0 aliphatic carbocycles. The molecular weight excluding hydrogens is 242 g/mol. The summed E-state index contributed by atoms with van der Waals surface area (Å²) in [6.07, 6.45) is 3.28. The van der Waals surface area contributed by atoms with Gasteiger partial charge < -0.3 is 10.1 Å². The average Bonchev–Trinajstić information content (AvgIpc) is 2.28. The Morgan fingerprint density at radius 3 is 2.88 bits per heavy atom. The Labute approximate surface area is 107 Å². The van der Waals surface area contributed by atoms with E-state index in [0.717, 1.165) is 24.4 Å². The van der Waals surface area contributed by atoms with Crippen LogP contribution >= 0.6 is 23.4 Å². The van der Waals surface area contributed by atoms with Crippen molar-refractivity contribution in [1.82, 2.24) is 0 Å². The van der Waals surface area contributed by atoms with E-state index in [1.807, 2.05) is 36.9 Å². The van der Waals surface area contributed by atoms with Gasteiger partial charge in [0, 0.05) is 12.2 Å². The van der Waals surface area contributed by atoms with Crippen LogP contribution in [-0.4, -0.2) is 25.2 Å². The Balaban J connectivity index is 2.46. The largest absolute Gasteiger partial charge is 0.492 e. The molecule has 0 unspecified atom stereocenters. The third kappa shape index (κ3) is 4.54. The number of benzene rings is 1. The molecule has 0 saturated heterocycles. The molecular formula is C12H18ClNOS. The first kappa shape index (κ1) is 13.5. The van der Waals surface area contributed by atoms with Gasteiger partial charge >= 0.3 is 0 Å². The van der Waals surface area contributed by atoms with Crippen LogP contribution in [0.1, 0.15) is 13.3 Å². The highest BCUT2D eigenvalue weighted by Crippen LogP contribution is 2.27. The smallest absolute Gasteiger partial charge is 0.138 e. The molecule has 0 saturated carbocycles. The second-order valence-electron chi connectivity index (χ2n) is 3.35. The zero-order chi connectivity index (χ0) is 11.8. The van der Waals surface area contributed by atoms with Crippen molar-refractivity contribution in [3.05, 3.63) is 23.2 Å². The number of anilines is 1. The van der Waals surface area contributed by atoms with Gasteiger partial charge in [-0.15, -0.1) is 0 Å². The summed E-state index contributed by atoms with van der Waals surface area (Å²) in [6.45, 7) is 3.57. The first-order chi connectivity index (χ1) is 7.77. The fourth-order valence-electron chi connectivity index (χ4n) is 1.33. The van der Waals surface area contributed by atoms with Crippen molar-refractivity contribution in [2.75, 3.05) is 30.5 Å². The topological polar surface area (TPSA) is 21.3 Å². The van der Waals surface area contributed by atoms with Crippen molar-refractivity contribution in [3.8, 4) is 5.75 Å². The molecule has 2 nitrogen and oxygen atoms in total. The summed E-state index contributed by atoms with van der Waals surface area (Å²) in [5.41, 5.74) is 1.05. The molecule has 4 heteroatoms. The fraction of sp³-hybridized carbons (Fsp3) is 0.500. The number of thioether (sulfide) groups is 1. The minimum atomic E-state index is 0.639. The van der Waals surface area contributed by atoms with E-state index in [4.69, 9.17) is 16.3 Å². The molecule has 0 radical (unpaired) electrons. The quantitative estimate of drug-likeness (QED) is 0.751. The van der Waals surface area contributed by atoms with Gasteiger partial charge in [-0.1, -0.05) is 11.6 Å². The minimum Gasteiger partial charge on any atom is -0.492 e. The van der Waals surface area contributed by atoms with Crippen LogP contribution in [0.5, 0.6) is 5.75 Å². The van der Waals surface area contributed by atoms with E-state index in [2.05, 4.69) is 11.6 Å². The Morgan fingerprint density at radius 2 is 2.25 bits per heavy atom. The summed E-state index contributed by atoms with van der Waals surface area (Å²) in [5.74, 6) is 1.93. The van der Waals surface area contributed by atoms with Gasteiger partial charge in [0.1, 0.15) is 5.75 Å². The van der Waals surface area contributed by atoms with E-state index in [-0.39, 0.29) is 0 Å². The molecule has 1 N–H and O–H groups in total. The van der Waals surface area contributed by atoms with E-state index in [1.54, 1.807) is 0 Å². The zero-order valence-electron chi connectivity index (χ0n) is 9.75. The highest BCUT2D eigenvalue weighted by atomic mass is 35.5. The number of nitrogens with one attached hydrogen (secondary N) is 1. The molecule has 0 bridgehead atoms. The summed E-state index contributed by atoms with van der Waals surface area (Å²) in [5, 5.41) is 4.00. The maximum Gasteiger partial charge on any atom is 0.138 e. The van der Waals surface area contributed by atoms with Crippen molar-refractivity contribution >= 4 is 29.1 Å². The van der Waals surface area contributed by atoms with Crippen molar-refractivity contribution in [3.63, 3.8) is 0 Å². The van der Waals surface area contributed by atoms with Crippen LogP contribution < -0.4 is 10.1 Å². The SMILES string of the molecule is CCOc1ccc(NCCCSC)cc1Cl. The molecule has 0 fully saturated rings. The molecule has 1 aromatic carbocycles. The summed E-state index contributed by atoms with van der Waals surface area (Å²) in [6, 6.07) is 5.81. The molecule has 90 valence electrons. The highest BCUT2D eigenvalue weighted by molar-refractivity contribution is 7.98. The predicted molar refractivity (Wildman–Crippen MR) is 74.1 cm³/mol. The molecule has 0 heterocycles. The summed E-state index contributed by atoms with van der Waals surface area (Å²) < 4.78 is 5.37. The number of halogens is 1. The second kappa shape index (κ2) is 7.69. The zero-order valence-corrected chi connectivity index (χ0v) is 11.3. The monoisotopic (exact) mass is 259 g/mol. The van der Waals surface area contributed by atoms with Crippen LogP contribution in [0.4, 0.5) is 5.69 Å². The second-order valence-corrected chi connectivity index (χ2v) is 4.74. The van der Waals surface area contributed by atoms with Crippen LogP contribution in [0.15, 0.2) is 18.2 Å². The molecule has 0 aliphatic rings. The molecule has 0 atom stereocenters. The molecule has 16 heavy (non-hydrogen) atoms. The maximum absolute atomic E-state index is 6.08. The first-order valence-electron chi connectivity index (χ1n) is 5.43. The fourth-order valence-corrected chi connectivity index (χ4v) is 2.00. The standard InChI is InChI=1S/C12H18ClNOS/c1-3-15-12-6-5-10(9-11(12)13)14-7-4-8-16-2/h5-6,9,14H,3-4,7-8H2,1-2H3. The van der Waals surface area contributed by atoms with Gasteiger partial charge in [-0.2, -0.15) is 11.8 Å². The average molecular weight is 260 g/mol. The summed E-state index contributed by atoms with van der Waals surface area (Å²) in [7, 11) is 0. The lowest BCUT2D eigenvalue weighted by atomic mass is 10.3. The van der Waals surface area contributed by atoms with Gasteiger partial charge in [-0.05, 0) is 43.6 Å².